The quantitative estimate of drug-likeness (QED) is 0.855. The number of ether oxygens (including phenoxy) is 1. The van der Waals surface area contributed by atoms with Crippen LogP contribution in [0.5, 0.6) is 5.75 Å². The molecular weight excluding hydrogens is 324 g/mol. The summed E-state index contributed by atoms with van der Waals surface area (Å²) >= 11 is 0. The second-order valence-corrected chi connectivity index (χ2v) is 8.81. The number of allylic oxidation sites excluding steroid dienone is 2. The molecule has 130 valence electrons. The first-order valence-electron chi connectivity index (χ1n) is 8.27. The molecule has 2 N–H and O–H groups in total. The summed E-state index contributed by atoms with van der Waals surface area (Å²) < 4.78 is 30.4. The van der Waals surface area contributed by atoms with Gasteiger partial charge in [0.25, 0.3) is 0 Å². The summed E-state index contributed by atoms with van der Waals surface area (Å²) in [6, 6.07) is 5.10. The van der Waals surface area contributed by atoms with E-state index in [1.54, 1.807) is 25.1 Å². The summed E-state index contributed by atoms with van der Waals surface area (Å²) in [5, 5.41) is 0. The molecule has 0 atom stereocenters. The first-order valence-corrected chi connectivity index (χ1v) is 9.92. The number of likely N-dealkylation sites (N-methyl/N-ethyl adjacent to an activating group) is 1. The summed E-state index contributed by atoms with van der Waals surface area (Å²) in [5.74, 6) is 1.41. The highest BCUT2D eigenvalue weighted by atomic mass is 32.2. The van der Waals surface area contributed by atoms with Gasteiger partial charge in [0.05, 0.1) is 23.8 Å². The van der Waals surface area contributed by atoms with E-state index in [2.05, 4.69) is 0 Å². The number of sulfone groups is 1. The lowest BCUT2D eigenvalue weighted by molar-refractivity contribution is 0.298. The molecule has 1 fully saturated rings. The molecule has 0 unspecified atom stereocenters. The number of benzene rings is 1. The van der Waals surface area contributed by atoms with Crippen molar-refractivity contribution in [1.82, 2.24) is 4.90 Å². The molecule has 24 heavy (non-hydrogen) atoms. The number of rotatable bonds is 6. The lowest BCUT2D eigenvalue weighted by Crippen LogP contribution is -2.22. The van der Waals surface area contributed by atoms with Gasteiger partial charge in [0, 0.05) is 30.1 Å². The zero-order valence-corrected chi connectivity index (χ0v) is 15.0. The molecule has 3 rings (SSSR count). The minimum absolute atomic E-state index is 0.0750. The van der Waals surface area contributed by atoms with E-state index in [0.29, 0.717) is 29.7 Å². The van der Waals surface area contributed by atoms with Crippen LogP contribution in [-0.2, 0) is 9.84 Å². The largest absolute Gasteiger partial charge is 0.493 e. The van der Waals surface area contributed by atoms with E-state index < -0.39 is 9.84 Å². The molecule has 1 heterocycles. The highest BCUT2D eigenvalue weighted by molar-refractivity contribution is 7.91. The van der Waals surface area contributed by atoms with Gasteiger partial charge < -0.3 is 15.4 Å². The highest BCUT2D eigenvalue weighted by Gasteiger charge is 2.24. The number of hydrogen-bond acceptors (Lipinski definition) is 5. The third-order valence-electron chi connectivity index (χ3n) is 4.30. The van der Waals surface area contributed by atoms with Crippen molar-refractivity contribution in [1.29, 1.82) is 0 Å². The van der Waals surface area contributed by atoms with Gasteiger partial charge in [0.2, 0.25) is 0 Å². The van der Waals surface area contributed by atoms with Crippen LogP contribution >= 0.6 is 0 Å². The number of nitrogens with two attached hydrogens (primary N) is 1. The predicted octanol–water partition coefficient (Wildman–Crippen LogP) is 2.40. The molecule has 1 aliphatic heterocycles. The van der Waals surface area contributed by atoms with Gasteiger partial charge in [0.15, 0.2) is 9.84 Å². The first kappa shape index (κ1) is 16.9. The van der Waals surface area contributed by atoms with Crippen LogP contribution in [0.1, 0.15) is 25.3 Å². The molecule has 0 bridgehead atoms. The smallest absolute Gasteiger partial charge is 0.178 e. The second kappa shape index (κ2) is 6.51. The van der Waals surface area contributed by atoms with Crippen molar-refractivity contribution in [3.63, 3.8) is 0 Å². The lowest BCUT2D eigenvalue weighted by Gasteiger charge is -2.23. The fraction of sp³-hybridized carbons (Fsp3) is 0.444. The van der Waals surface area contributed by atoms with E-state index in [1.165, 1.54) is 12.8 Å². The zero-order valence-electron chi connectivity index (χ0n) is 14.2. The highest BCUT2D eigenvalue weighted by Crippen LogP contribution is 2.35. The van der Waals surface area contributed by atoms with Gasteiger partial charge in [0.1, 0.15) is 5.75 Å². The van der Waals surface area contributed by atoms with Gasteiger partial charge in [-0.15, -0.1) is 0 Å². The Balaban J connectivity index is 2.03. The maximum absolute atomic E-state index is 12.2. The summed E-state index contributed by atoms with van der Waals surface area (Å²) in [7, 11) is -1.33. The van der Waals surface area contributed by atoms with Crippen LogP contribution in [0.25, 0.3) is 5.57 Å². The van der Waals surface area contributed by atoms with Crippen LogP contribution in [0.4, 0.5) is 0 Å². The minimum Gasteiger partial charge on any atom is -0.493 e. The molecular formula is C18H24N2O3S. The third-order valence-corrected chi connectivity index (χ3v) is 6.04. The Kier molecular flexibility index (Phi) is 4.58. The average Bonchev–Trinajstić information content (AvgIpc) is 3.36. The standard InChI is InChI=1S/C18H24N2O3S/c1-3-24(21,22)16-6-7-18(23-12-13-4-5-13)17(9-16)14-8-15(19)11-20(2)10-14/h6-10,13H,3-5,11-12,19H2,1-2H3. The van der Waals surface area contributed by atoms with Crippen molar-refractivity contribution in [2.75, 3.05) is 26.0 Å². The SMILES string of the molecule is CCS(=O)(=O)c1ccc(OCC2CC2)c(C2=CN(C)CC(N)=C2)c1. The van der Waals surface area contributed by atoms with Crippen molar-refractivity contribution >= 4 is 15.4 Å². The lowest BCUT2D eigenvalue weighted by atomic mass is 10.0. The number of nitrogens with zero attached hydrogens (tertiary/aromatic N) is 1. The van der Waals surface area contributed by atoms with Crippen LogP contribution in [-0.4, -0.2) is 39.3 Å². The van der Waals surface area contributed by atoms with Crippen LogP contribution in [0.3, 0.4) is 0 Å². The summed E-state index contributed by atoms with van der Waals surface area (Å²) in [4.78, 5) is 2.30. The van der Waals surface area contributed by atoms with Gasteiger partial charge in [-0.2, -0.15) is 0 Å². The van der Waals surface area contributed by atoms with E-state index in [4.69, 9.17) is 10.5 Å². The molecule has 1 aromatic rings. The molecule has 1 aromatic carbocycles. The molecule has 0 radical (unpaired) electrons. The molecule has 0 spiro atoms. The minimum atomic E-state index is -3.27. The third kappa shape index (κ3) is 3.75. The van der Waals surface area contributed by atoms with Crippen molar-refractivity contribution in [2.45, 2.75) is 24.7 Å². The molecule has 5 nitrogen and oxygen atoms in total. The van der Waals surface area contributed by atoms with Crippen LogP contribution < -0.4 is 10.5 Å². The van der Waals surface area contributed by atoms with Gasteiger partial charge in [-0.05, 0) is 43.0 Å². The topological polar surface area (TPSA) is 72.6 Å². The molecule has 2 aliphatic rings. The Morgan fingerprint density at radius 1 is 1.33 bits per heavy atom. The van der Waals surface area contributed by atoms with Crippen molar-refractivity contribution in [2.24, 2.45) is 11.7 Å². The van der Waals surface area contributed by atoms with E-state index in [-0.39, 0.29) is 5.75 Å². The molecule has 1 saturated carbocycles. The van der Waals surface area contributed by atoms with Crippen LogP contribution in [0.15, 0.2) is 41.1 Å². The second-order valence-electron chi connectivity index (χ2n) is 6.53. The van der Waals surface area contributed by atoms with Crippen molar-refractivity contribution < 1.29 is 13.2 Å². The van der Waals surface area contributed by atoms with Crippen LogP contribution in [0.2, 0.25) is 0 Å². The van der Waals surface area contributed by atoms with Gasteiger partial charge in [-0.25, -0.2) is 8.42 Å². The first-order chi connectivity index (χ1) is 11.4. The summed E-state index contributed by atoms with van der Waals surface area (Å²) in [6.07, 6.45) is 6.27. The Labute approximate surface area is 143 Å². The monoisotopic (exact) mass is 348 g/mol. The average molecular weight is 348 g/mol. The van der Waals surface area contributed by atoms with Crippen LogP contribution in [0, 0.1) is 5.92 Å². The maximum Gasteiger partial charge on any atom is 0.178 e. The molecule has 0 saturated heterocycles. The fourth-order valence-electron chi connectivity index (χ4n) is 2.71. The molecule has 1 aliphatic carbocycles. The summed E-state index contributed by atoms with van der Waals surface area (Å²) in [5.41, 5.74) is 8.40. The predicted molar refractivity (Wildman–Crippen MR) is 95.3 cm³/mol. The Morgan fingerprint density at radius 2 is 2.08 bits per heavy atom. The van der Waals surface area contributed by atoms with Crippen molar-refractivity contribution in [3.8, 4) is 5.75 Å². The molecule has 0 aromatic heterocycles. The maximum atomic E-state index is 12.2. The number of hydrogen-bond donors (Lipinski definition) is 1. The normalized spacial score (nSPS) is 18.2. The van der Waals surface area contributed by atoms with Crippen molar-refractivity contribution in [3.05, 3.63) is 41.7 Å². The summed E-state index contributed by atoms with van der Waals surface area (Å²) in [6.45, 7) is 2.99. The van der Waals surface area contributed by atoms with E-state index in [0.717, 1.165) is 16.8 Å². The van der Waals surface area contributed by atoms with E-state index in [1.807, 2.05) is 24.2 Å². The Morgan fingerprint density at radius 3 is 2.71 bits per heavy atom. The van der Waals surface area contributed by atoms with Gasteiger partial charge in [-0.3, -0.25) is 0 Å². The zero-order chi connectivity index (χ0) is 17.3. The molecule has 0 amide bonds. The van der Waals surface area contributed by atoms with Gasteiger partial charge >= 0.3 is 0 Å². The Bertz CT molecular complexity index is 792. The van der Waals surface area contributed by atoms with E-state index >= 15 is 0 Å². The Hall–Kier alpha value is -1.95. The van der Waals surface area contributed by atoms with E-state index in [9.17, 15) is 8.42 Å². The fourth-order valence-corrected chi connectivity index (χ4v) is 3.62. The van der Waals surface area contributed by atoms with Gasteiger partial charge in [-0.1, -0.05) is 6.92 Å². The molecule has 6 heteroatoms.